The molecule has 0 unspecified atom stereocenters. The molecule has 0 atom stereocenters. The lowest BCUT2D eigenvalue weighted by molar-refractivity contribution is 0.201. The number of fused-ring (bicyclic) bond motifs is 1. The van der Waals surface area contributed by atoms with E-state index in [0.29, 0.717) is 5.92 Å². The minimum Gasteiger partial charge on any atom is -0.492 e. The number of rotatable bonds is 3. The first-order chi connectivity index (χ1) is 7.84. The highest BCUT2D eigenvalue weighted by Gasteiger charge is 2.18. The maximum Gasteiger partial charge on any atom is 0.130 e. The molecule has 2 aromatic rings. The summed E-state index contributed by atoms with van der Waals surface area (Å²) in [6.07, 6.45) is 0. The van der Waals surface area contributed by atoms with Crippen LogP contribution in [-0.4, -0.2) is 29.9 Å². The van der Waals surface area contributed by atoms with E-state index in [9.17, 15) is 0 Å². The third-order valence-electron chi connectivity index (χ3n) is 3.06. The summed E-state index contributed by atoms with van der Waals surface area (Å²) >= 11 is 0. The summed E-state index contributed by atoms with van der Waals surface area (Å²) in [5, 5.41) is 11.6. The standard InChI is InChI=1S/C12H15N3O/c1-8-12-10(15-14-8)3-2-4-11(12)16-7-9-5-13-6-9/h2-4,9,13H,5-7H2,1H3,(H,14,15). The van der Waals surface area contributed by atoms with Crippen LogP contribution >= 0.6 is 0 Å². The molecule has 1 aliphatic heterocycles. The average Bonchev–Trinajstić information content (AvgIpc) is 2.59. The molecule has 1 aromatic heterocycles. The summed E-state index contributed by atoms with van der Waals surface area (Å²) in [6.45, 7) is 4.95. The number of nitrogens with zero attached hydrogens (tertiary/aromatic N) is 1. The van der Waals surface area contributed by atoms with Crippen molar-refractivity contribution in [3.05, 3.63) is 23.9 Å². The van der Waals surface area contributed by atoms with Gasteiger partial charge in [-0.05, 0) is 19.1 Å². The first-order valence-electron chi connectivity index (χ1n) is 5.62. The molecular weight excluding hydrogens is 202 g/mol. The largest absolute Gasteiger partial charge is 0.492 e. The quantitative estimate of drug-likeness (QED) is 0.818. The Kier molecular flexibility index (Phi) is 2.29. The van der Waals surface area contributed by atoms with Crippen LogP contribution in [0.25, 0.3) is 10.9 Å². The monoisotopic (exact) mass is 217 g/mol. The van der Waals surface area contributed by atoms with Crippen LogP contribution in [0.3, 0.4) is 0 Å². The van der Waals surface area contributed by atoms with Gasteiger partial charge in [-0.15, -0.1) is 0 Å². The van der Waals surface area contributed by atoms with Crippen molar-refractivity contribution in [3.8, 4) is 5.75 Å². The normalized spacial score (nSPS) is 16.3. The summed E-state index contributed by atoms with van der Waals surface area (Å²) in [6, 6.07) is 5.99. The highest BCUT2D eigenvalue weighted by Crippen LogP contribution is 2.27. The lowest BCUT2D eigenvalue weighted by atomic mass is 10.1. The van der Waals surface area contributed by atoms with Gasteiger partial charge in [0.05, 0.1) is 17.5 Å². The number of aromatic amines is 1. The van der Waals surface area contributed by atoms with E-state index in [-0.39, 0.29) is 0 Å². The Morgan fingerprint density at radius 2 is 2.31 bits per heavy atom. The molecule has 0 bridgehead atoms. The van der Waals surface area contributed by atoms with Crippen molar-refractivity contribution in [1.82, 2.24) is 15.5 Å². The van der Waals surface area contributed by atoms with Crippen LogP contribution in [-0.2, 0) is 0 Å². The number of hydrogen-bond acceptors (Lipinski definition) is 3. The Labute approximate surface area is 94.0 Å². The number of ether oxygens (including phenoxy) is 1. The molecule has 3 rings (SSSR count). The molecule has 0 aliphatic carbocycles. The van der Waals surface area contributed by atoms with Crippen LogP contribution in [0.15, 0.2) is 18.2 Å². The molecule has 1 aliphatic rings. The summed E-state index contributed by atoms with van der Waals surface area (Å²) in [4.78, 5) is 0. The van der Waals surface area contributed by atoms with Crippen molar-refractivity contribution < 1.29 is 4.74 Å². The van der Waals surface area contributed by atoms with Crippen LogP contribution in [0.1, 0.15) is 5.69 Å². The fraction of sp³-hybridized carbons (Fsp3) is 0.417. The Morgan fingerprint density at radius 1 is 1.44 bits per heavy atom. The van der Waals surface area contributed by atoms with Crippen LogP contribution < -0.4 is 10.1 Å². The summed E-state index contributed by atoms with van der Waals surface area (Å²) < 4.78 is 5.86. The molecule has 84 valence electrons. The molecule has 0 spiro atoms. The van der Waals surface area contributed by atoms with Gasteiger partial charge >= 0.3 is 0 Å². The van der Waals surface area contributed by atoms with E-state index >= 15 is 0 Å². The third-order valence-corrected chi connectivity index (χ3v) is 3.06. The van der Waals surface area contributed by atoms with Crippen molar-refractivity contribution in [2.75, 3.05) is 19.7 Å². The topological polar surface area (TPSA) is 49.9 Å². The van der Waals surface area contributed by atoms with Crippen molar-refractivity contribution in [1.29, 1.82) is 0 Å². The number of aromatic nitrogens is 2. The number of hydrogen-bond donors (Lipinski definition) is 2. The van der Waals surface area contributed by atoms with Crippen molar-refractivity contribution in [3.63, 3.8) is 0 Å². The Morgan fingerprint density at radius 3 is 3.06 bits per heavy atom. The molecule has 1 fully saturated rings. The first kappa shape index (κ1) is 9.66. The molecule has 1 saturated heterocycles. The maximum absolute atomic E-state index is 5.86. The first-order valence-corrected chi connectivity index (χ1v) is 5.62. The third kappa shape index (κ3) is 1.55. The maximum atomic E-state index is 5.86. The molecule has 1 aromatic carbocycles. The number of aryl methyl sites for hydroxylation is 1. The predicted octanol–water partition coefficient (Wildman–Crippen LogP) is 1.47. The Bertz CT molecular complexity index is 502. The van der Waals surface area contributed by atoms with Crippen molar-refractivity contribution in [2.24, 2.45) is 5.92 Å². The number of nitrogens with one attached hydrogen (secondary N) is 2. The summed E-state index contributed by atoms with van der Waals surface area (Å²) in [5.74, 6) is 1.60. The van der Waals surface area contributed by atoms with Gasteiger partial charge in [-0.2, -0.15) is 5.10 Å². The van der Waals surface area contributed by atoms with Crippen LogP contribution in [0.5, 0.6) is 5.75 Å². The van der Waals surface area contributed by atoms with Crippen LogP contribution in [0.2, 0.25) is 0 Å². The molecule has 0 amide bonds. The Hall–Kier alpha value is -1.55. The molecule has 4 nitrogen and oxygen atoms in total. The Balaban J connectivity index is 1.86. The van der Waals surface area contributed by atoms with Gasteiger partial charge < -0.3 is 10.1 Å². The van der Waals surface area contributed by atoms with Gasteiger partial charge in [0, 0.05) is 24.7 Å². The zero-order valence-electron chi connectivity index (χ0n) is 9.29. The van der Waals surface area contributed by atoms with E-state index in [0.717, 1.165) is 42.0 Å². The van der Waals surface area contributed by atoms with Gasteiger partial charge in [0.25, 0.3) is 0 Å². The highest BCUT2D eigenvalue weighted by molar-refractivity contribution is 5.87. The van der Waals surface area contributed by atoms with Gasteiger partial charge in [-0.25, -0.2) is 0 Å². The zero-order chi connectivity index (χ0) is 11.0. The van der Waals surface area contributed by atoms with Gasteiger partial charge in [0.2, 0.25) is 0 Å². The predicted molar refractivity (Wildman–Crippen MR) is 62.7 cm³/mol. The molecule has 2 N–H and O–H groups in total. The minimum atomic E-state index is 0.655. The minimum absolute atomic E-state index is 0.655. The van der Waals surface area contributed by atoms with Crippen LogP contribution in [0, 0.1) is 12.8 Å². The fourth-order valence-electron chi connectivity index (χ4n) is 1.98. The number of benzene rings is 1. The van der Waals surface area contributed by atoms with Crippen molar-refractivity contribution >= 4 is 10.9 Å². The zero-order valence-corrected chi connectivity index (χ0v) is 9.29. The second kappa shape index (κ2) is 3.79. The second-order valence-corrected chi connectivity index (χ2v) is 4.33. The average molecular weight is 217 g/mol. The van der Waals surface area contributed by atoms with Gasteiger partial charge in [0.15, 0.2) is 0 Å². The lowest BCUT2D eigenvalue weighted by Gasteiger charge is -2.26. The van der Waals surface area contributed by atoms with E-state index < -0.39 is 0 Å². The molecule has 16 heavy (non-hydrogen) atoms. The van der Waals surface area contributed by atoms with Gasteiger partial charge in [-0.1, -0.05) is 6.07 Å². The van der Waals surface area contributed by atoms with E-state index in [4.69, 9.17) is 4.74 Å². The second-order valence-electron chi connectivity index (χ2n) is 4.33. The van der Waals surface area contributed by atoms with E-state index in [2.05, 4.69) is 15.5 Å². The molecular formula is C12H15N3O. The van der Waals surface area contributed by atoms with Crippen molar-refractivity contribution in [2.45, 2.75) is 6.92 Å². The molecule has 4 heteroatoms. The molecule has 2 heterocycles. The van der Waals surface area contributed by atoms with E-state index in [1.54, 1.807) is 0 Å². The van der Waals surface area contributed by atoms with Gasteiger partial charge in [-0.3, -0.25) is 5.10 Å². The molecule has 0 saturated carbocycles. The molecule has 0 radical (unpaired) electrons. The van der Waals surface area contributed by atoms with Crippen LogP contribution in [0.4, 0.5) is 0 Å². The fourth-order valence-corrected chi connectivity index (χ4v) is 1.98. The van der Waals surface area contributed by atoms with E-state index in [1.807, 2.05) is 25.1 Å². The van der Waals surface area contributed by atoms with E-state index in [1.165, 1.54) is 0 Å². The number of H-pyrrole nitrogens is 1. The smallest absolute Gasteiger partial charge is 0.130 e. The summed E-state index contributed by atoms with van der Waals surface area (Å²) in [5.41, 5.74) is 2.04. The lowest BCUT2D eigenvalue weighted by Crippen LogP contribution is -2.45. The highest BCUT2D eigenvalue weighted by atomic mass is 16.5. The van der Waals surface area contributed by atoms with Gasteiger partial charge in [0.1, 0.15) is 5.75 Å². The SMILES string of the molecule is Cc1[nH]nc2cccc(OCC3CNC3)c12. The summed E-state index contributed by atoms with van der Waals surface area (Å²) in [7, 11) is 0.